The highest BCUT2D eigenvalue weighted by molar-refractivity contribution is 8.93. The molecule has 2 aromatic rings. The molecule has 0 amide bonds. The second-order valence-corrected chi connectivity index (χ2v) is 4.75. The number of thiophene rings is 1. The molecule has 0 spiro atoms. The highest BCUT2D eigenvalue weighted by Gasteiger charge is 2.03. The average molecular weight is 300 g/mol. The Kier molecular flexibility index (Phi) is 5.08. The van der Waals surface area contributed by atoms with E-state index in [1.165, 1.54) is 11.8 Å². The van der Waals surface area contributed by atoms with Gasteiger partial charge in [-0.15, -0.1) is 28.3 Å². The fourth-order valence-corrected chi connectivity index (χ4v) is 2.60. The number of hydrogen-bond acceptors (Lipinski definition) is 3. The summed E-state index contributed by atoms with van der Waals surface area (Å²) >= 11 is 3.10. The zero-order valence-corrected chi connectivity index (χ0v) is 11.2. The molecule has 1 N–H and O–H groups in total. The van der Waals surface area contributed by atoms with Crippen LogP contribution >= 0.6 is 40.1 Å². The van der Waals surface area contributed by atoms with Gasteiger partial charge in [-0.05, 0) is 23.6 Å². The van der Waals surface area contributed by atoms with Crippen molar-refractivity contribution in [2.75, 3.05) is 0 Å². The van der Waals surface area contributed by atoms with Crippen LogP contribution < -0.4 is 0 Å². The molecule has 0 aliphatic rings. The number of nitrogens with one attached hydrogen (secondary N) is 1. The molecular formula is C11H10BrNS2. The van der Waals surface area contributed by atoms with Crippen molar-refractivity contribution < 1.29 is 0 Å². The number of hydrogen-bond donors (Lipinski definition) is 1. The molecule has 0 saturated carbocycles. The summed E-state index contributed by atoms with van der Waals surface area (Å²) in [5.41, 5.74) is 0. The van der Waals surface area contributed by atoms with Gasteiger partial charge in [0.1, 0.15) is 5.04 Å². The van der Waals surface area contributed by atoms with E-state index in [0.717, 1.165) is 9.77 Å². The minimum atomic E-state index is 0. The first-order valence-corrected chi connectivity index (χ1v) is 5.91. The minimum Gasteiger partial charge on any atom is -0.292 e. The summed E-state index contributed by atoms with van der Waals surface area (Å²) < 4.78 is 0. The Bertz CT molecular complexity index is 411. The third-order valence-corrected chi connectivity index (χ3v) is 3.66. The minimum absolute atomic E-state index is 0. The van der Waals surface area contributed by atoms with Gasteiger partial charge >= 0.3 is 0 Å². The van der Waals surface area contributed by atoms with Gasteiger partial charge in [0.2, 0.25) is 0 Å². The molecule has 0 unspecified atom stereocenters. The summed E-state index contributed by atoms with van der Waals surface area (Å²) in [5.74, 6) is 0. The van der Waals surface area contributed by atoms with Gasteiger partial charge in [0.15, 0.2) is 0 Å². The predicted octanol–water partition coefficient (Wildman–Crippen LogP) is 4.44. The van der Waals surface area contributed by atoms with Gasteiger partial charge in [0.25, 0.3) is 0 Å². The van der Waals surface area contributed by atoms with Crippen molar-refractivity contribution in [2.24, 2.45) is 0 Å². The Balaban J connectivity index is 0.00000112. The van der Waals surface area contributed by atoms with E-state index < -0.39 is 0 Å². The predicted molar refractivity (Wildman–Crippen MR) is 73.8 cm³/mol. The second-order valence-electron chi connectivity index (χ2n) is 2.72. The lowest BCUT2D eigenvalue weighted by Gasteiger charge is -1.99. The molecule has 0 radical (unpaired) electrons. The van der Waals surface area contributed by atoms with Crippen LogP contribution in [-0.2, 0) is 0 Å². The van der Waals surface area contributed by atoms with Crippen molar-refractivity contribution in [3.05, 3.63) is 52.7 Å². The van der Waals surface area contributed by atoms with Gasteiger partial charge in [0, 0.05) is 4.90 Å². The number of halogens is 1. The van der Waals surface area contributed by atoms with Crippen LogP contribution in [0.25, 0.3) is 0 Å². The van der Waals surface area contributed by atoms with Crippen molar-refractivity contribution in [3.8, 4) is 0 Å². The topological polar surface area (TPSA) is 23.9 Å². The van der Waals surface area contributed by atoms with Crippen LogP contribution in [0.4, 0.5) is 0 Å². The SMILES string of the molecule is Br.N=C(Sc1ccccc1)c1cccs1. The Labute approximate surface area is 108 Å². The summed E-state index contributed by atoms with van der Waals surface area (Å²) in [6, 6.07) is 14.0. The first-order valence-electron chi connectivity index (χ1n) is 4.21. The highest BCUT2D eigenvalue weighted by Crippen LogP contribution is 2.24. The lowest BCUT2D eigenvalue weighted by Crippen LogP contribution is -1.87. The molecule has 0 fully saturated rings. The molecule has 0 bridgehead atoms. The maximum absolute atomic E-state index is 7.86. The third-order valence-electron chi connectivity index (χ3n) is 1.71. The summed E-state index contributed by atoms with van der Waals surface area (Å²) in [7, 11) is 0. The zero-order valence-electron chi connectivity index (χ0n) is 7.84. The molecule has 0 saturated heterocycles. The molecule has 2 rings (SSSR count). The highest BCUT2D eigenvalue weighted by atomic mass is 79.9. The largest absolute Gasteiger partial charge is 0.292 e. The first-order chi connectivity index (χ1) is 6.86. The number of thioether (sulfide) groups is 1. The molecule has 15 heavy (non-hydrogen) atoms. The first kappa shape index (κ1) is 12.5. The van der Waals surface area contributed by atoms with Crippen LogP contribution in [0.5, 0.6) is 0 Å². The molecular weight excluding hydrogens is 290 g/mol. The van der Waals surface area contributed by atoms with E-state index in [0.29, 0.717) is 5.04 Å². The van der Waals surface area contributed by atoms with Crippen LogP contribution in [0, 0.1) is 5.41 Å². The Hall–Kier alpha value is -0.580. The lowest BCUT2D eigenvalue weighted by atomic mass is 10.4. The van der Waals surface area contributed by atoms with Crippen LogP contribution in [-0.4, -0.2) is 5.04 Å². The standard InChI is InChI=1S/C11H9NS2.BrH/c12-11(10-7-4-8-13-10)14-9-5-2-1-3-6-9;/h1-8,12H;1H. The van der Waals surface area contributed by atoms with Crippen LogP contribution in [0.15, 0.2) is 52.7 Å². The van der Waals surface area contributed by atoms with Crippen LogP contribution in [0.1, 0.15) is 4.88 Å². The van der Waals surface area contributed by atoms with Gasteiger partial charge in [-0.1, -0.05) is 36.0 Å². The van der Waals surface area contributed by atoms with E-state index in [1.807, 2.05) is 47.8 Å². The van der Waals surface area contributed by atoms with Gasteiger partial charge in [-0.25, -0.2) is 0 Å². The smallest absolute Gasteiger partial charge is 0.109 e. The van der Waals surface area contributed by atoms with E-state index >= 15 is 0 Å². The molecule has 0 atom stereocenters. The van der Waals surface area contributed by atoms with Crippen molar-refractivity contribution in [3.63, 3.8) is 0 Å². The maximum atomic E-state index is 7.86. The molecule has 1 aromatic heterocycles. The zero-order chi connectivity index (χ0) is 9.80. The molecule has 4 heteroatoms. The van der Waals surface area contributed by atoms with Crippen molar-refractivity contribution in [1.82, 2.24) is 0 Å². The number of rotatable bonds is 2. The van der Waals surface area contributed by atoms with Crippen molar-refractivity contribution in [1.29, 1.82) is 5.41 Å². The van der Waals surface area contributed by atoms with E-state index in [4.69, 9.17) is 5.41 Å². The van der Waals surface area contributed by atoms with E-state index in [9.17, 15) is 0 Å². The summed E-state index contributed by atoms with van der Waals surface area (Å²) in [5, 5.41) is 10.5. The molecule has 78 valence electrons. The molecule has 1 heterocycles. The van der Waals surface area contributed by atoms with E-state index in [1.54, 1.807) is 11.3 Å². The third kappa shape index (κ3) is 3.48. The van der Waals surface area contributed by atoms with E-state index in [2.05, 4.69) is 0 Å². The van der Waals surface area contributed by atoms with Crippen molar-refractivity contribution in [2.45, 2.75) is 4.90 Å². The van der Waals surface area contributed by atoms with E-state index in [-0.39, 0.29) is 17.0 Å². The van der Waals surface area contributed by atoms with Crippen LogP contribution in [0.3, 0.4) is 0 Å². The maximum Gasteiger partial charge on any atom is 0.109 e. The summed E-state index contributed by atoms with van der Waals surface area (Å²) in [4.78, 5) is 2.14. The monoisotopic (exact) mass is 299 g/mol. The number of benzene rings is 1. The normalized spacial score (nSPS) is 9.33. The Morgan fingerprint density at radius 3 is 2.40 bits per heavy atom. The molecule has 0 aliphatic heterocycles. The van der Waals surface area contributed by atoms with Crippen molar-refractivity contribution >= 4 is 45.1 Å². The van der Waals surface area contributed by atoms with Gasteiger partial charge in [-0.2, -0.15) is 0 Å². The summed E-state index contributed by atoms with van der Waals surface area (Å²) in [6.07, 6.45) is 0. The molecule has 1 aromatic carbocycles. The quantitative estimate of drug-likeness (QED) is 0.494. The Morgan fingerprint density at radius 2 is 1.80 bits per heavy atom. The van der Waals surface area contributed by atoms with Gasteiger partial charge < -0.3 is 0 Å². The Morgan fingerprint density at radius 1 is 1.07 bits per heavy atom. The van der Waals surface area contributed by atoms with Crippen LogP contribution in [0.2, 0.25) is 0 Å². The average Bonchev–Trinajstić information content (AvgIpc) is 2.72. The molecule has 0 aliphatic carbocycles. The fourth-order valence-electron chi connectivity index (χ4n) is 1.06. The second kappa shape index (κ2) is 6.10. The fraction of sp³-hybridized carbons (Fsp3) is 0. The van der Waals surface area contributed by atoms with Gasteiger partial charge in [-0.3, -0.25) is 5.41 Å². The summed E-state index contributed by atoms with van der Waals surface area (Å²) in [6.45, 7) is 0. The van der Waals surface area contributed by atoms with Gasteiger partial charge in [0.05, 0.1) is 4.88 Å². The lowest BCUT2D eigenvalue weighted by molar-refractivity contribution is 1.47. The molecule has 1 nitrogen and oxygen atoms in total.